The molecule has 0 amide bonds. The van der Waals surface area contributed by atoms with Gasteiger partial charge in [-0.3, -0.25) is 4.90 Å². The molecule has 3 nitrogen and oxygen atoms in total. The van der Waals surface area contributed by atoms with Gasteiger partial charge in [0.2, 0.25) is 0 Å². The van der Waals surface area contributed by atoms with Crippen LogP contribution in [0, 0.1) is 0 Å². The van der Waals surface area contributed by atoms with Crippen molar-refractivity contribution in [2.45, 2.75) is 103 Å². The van der Waals surface area contributed by atoms with Crippen molar-refractivity contribution in [1.82, 2.24) is 4.90 Å². The van der Waals surface area contributed by atoms with Crippen molar-refractivity contribution in [2.75, 3.05) is 13.1 Å². The first kappa shape index (κ1) is 21.6. The third-order valence-corrected chi connectivity index (χ3v) is 4.36. The van der Waals surface area contributed by atoms with Gasteiger partial charge in [-0.05, 0) is 26.8 Å². The first-order valence-electron chi connectivity index (χ1n) is 9.50. The summed E-state index contributed by atoms with van der Waals surface area (Å²) in [6, 6.07) is 0. The van der Waals surface area contributed by atoms with Crippen molar-refractivity contribution >= 4 is 6.29 Å². The third-order valence-electron chi connectivity index (χ3n) is 4.36. The molecule has 3 heteroatoms. The van der Waals surface area contributed by atoms with E-state index in [1.807, 2.05) is 13.8 Å². The predicted octanol–water partition coefficient (Wildman–Crippen LogP) is 4.88. The van der Waals surface area contributed by atoms with Crippen LogP contribution in [-0.4, -0.2) is 29.9 Å². The summed E-state index contributed by atoms with van der Waals surface area (Å²) in [5, 5.41) is 0. The van der Waals surface area contributed by atoms with Gasteiger partial charge >= 0.3 is 0 Å². The van der Waals surface area contributed by atoms with E-state index in [2.05, 4.69) is 11.8 Å². The summed E-state index contributed by atoms with van der Waals surface area (Å²) in [5.41, 5.74) is 5.84. The molecule has 132 valence electrons. The Morgan fingerprint density at radius 1 is 0.818 bits per heavy atom. The number of rotatable bonds is 16. The predicted molar refractivity (Wildman–Crippen MR) is 97.0 cm³/mol. The Hall–Kier alpha value is -0.410. The van der Waals surface area contributed by atoms with Crippen LogP contribution in [-0.2, 0) is 4.79 Å². The van der Waals surface area contributed by atoms with E-state index in [0.717, 1.165) is 19.4 Å². The van der Waals surface area contributed by atoms with Gasteiger partial charge in [0.1, 0.15) is 6.29 Å². The van der Waals surface area contributed by atoms with Crippen molar-refractivity contribution < 1.29 is 4.79 Å². The van der Waals surface area contributed by atoms with Gasteiger partial charge in [0.05, 0.1) is 5.66 Å². The molecule has 0 aromatic carbocycles. The summed E-state index contributed by atoms with van der Waals surface area (Å²) in [5.74, 6) is 0. The smallest absolute Gasteiger partial charge is 0.121 e. The number of nitrogens with two attached hydrogens (primary N) is 1. The molecular weight excluding hydrogens is 272 g/mol. The second-order valence-corrected chi connectivity index (χ2v) is 7.13. The van der Waals surface area contributed by atoms with Gasteiger partial charge in [-0.15, -0.1) is 0 Å². The first-order valence-corrected chi connectivity index (χ1v) is 9.50. The number of carbonyl (C=O) groups is 1. The molecule has 0 radical (unpaired) electrons. The number of hydrogen-bond donors (Lipinski definition) is 1. The van der Waals surface area contributed by atoms with E-state index in [4.69, 9.17) is 5.73 Å². The summed E-state index contributed by atoms with van der Waals surface area (Å²) in [6.45, 7) is 8.11. The van der Waals surface area contributed by atoms with E-state index >= 15 is 0 Å². The Bertz CT molecular complexity index is 248. The van der Waals surface area contributed by atoms with Crippen molar-refractivity contribution in [1.29, 1.82) is 0 Å². The van der Waals surface area contributed by atoms with Gasteiger partial charge in [0, 0.05) is 13.0 Å². The van der Waals surface area contributed by atoms with Crippen LogP contribution in [0.25, 0.3) is 0 Å². The molecule has 22 heavy (non-hydrogen) atoms. The lowest BCUT2D eigenvalue weighted by Gasteiger charge is -2.35. The van der Waals surface area contributed by atoms with Gasteiger partial charge in [0.25, 0.3) is 0 Å². The van der Waals surface area contributed by atoms with Gasteiger partial charge in [-0.25, -0.2) is 0 Å². The minimum Gasteiger partial charge on any atom is -0.314 e. The van der Waals surface area contributed by atoms with Gasteiger partial charge in [-0.2, -0.15) is 0 Å². The highest BCUT2D eigenvalue weighted by atomic mass is 16.1. The second-order valence-electron chi connectivity index (χ2n) is 7.13. The van der Waals surface area contributed by atoms with Crippen LogP contribution in [0.4, 0.5) is 0 Å². The molecule has 0 aliphatic rings. The van der Waals surface area contributed by atoms with Gasteiger partial charge in [0.15, 0.2) is 0 Å². The molecule has 0 atom stereocenters. The number of carbonyl (C=O) groups excluding carboxylic acids is 1. The van der Waals surface area contributed by atoms with E-state index in [-0.39, 0.29) is 5.66 Å². The van der Waals surface area contributed by atoms with E-state index in [1.165, 1.54) is 70.6 Å². The minimum absolute atomic E-state index is 0.318. The van der Waals surface area contributed by atoms with E-state index in [1.54, 1.807) is 0 Å². The molecule has 0 heterocycles. The molecule has 0 saturated carbocycles. The van der Waals surface area contributed by atoms with Crippen LogP contribution in [0.15, 0.2) is 0 Å². The van der Waals surface area contributed by atoms with Crippen LogP contribution < -0.4 is 5.73 Å². The standard InChI is InChI=1S/C19H40N2O/c1-4-5-6-7-8-9-10-11-12-13-14-16-21(17-15-18-22)19(2,3)20/h18H,4-17,20H2,1-3H3. The molecule has 0 aliphatic carbocycles. The fourth-order valence-electron chi connectivity index (χ4n) is 2.86. The topological polar surface area (TPSA) is 46.3 Å². The molecule has 0 aromatic heterocycles. The average molecular weight is 313 g/mol. The number of hydrogen-bond acceptors (Lipinski definition) is 3. The fourth-order valence-corrected chi connectivity index (χ4v) is 2.86. The van der Waals surface area contributed by atoms with E-state index in [9.17, 15) is 4.79 Å². The second kappa shape index (κ2) is 14.2. The first-order chi connectivity index (χ1) is 10.5. The van der Waals surface area contributed by atoms with E-state index in [0.29, 0.717) is 6.42 Å². The molecule has 0 saturated heterocycles. The zero-order chi connectivity index (χ0) is 16.7. The van der Waals surface area contributed by atoms with Crippen LogP contribution in [0.1, 0.15) is 97.8 Å². The van der Waals surface area contributed by atoms with Crippen molar-refractivity contribution in [3.63, 3.8) is 0 Å². The Morgan fingerprint density at radius 2 is 1.27 bits per heavy atom. The Balaban J connectivity index is 3.47. The lowest BCUT2D eigenvalue weighted by molar-refractivity contribution is -0.108. The number of unbranched alkanes of at least 4 members (excludes halogenated alkanes) is 10. The van der Waals surface area contributed by atoms with Crippen LogP contribution in [0.2, 0.25) is 0 Å². The summed E-state index contributed by atoms with van der Waals surface area (Å²) < 4.78 is 0. The summed E-state index contributed by atoms with van der Waals surface area (Å²) in [4.78, 5) is 12.8. The quantitative estimate of drug-likeness (QED) is 0.251. The molecule has 0 spiro atoms. The molecule has 0 aromatic rings. The van der Waals surface area contributed by atoms with Crippen LogP contribution >= 0.6 is 0 Å². The lowest BCUT2D eigenvalue weighted by atomic mass is 10.1. The van der Waals surface area contributed by atoms with Crippen LogP contribution in [0.3, 0.4) is 0 Å². The Labute approximate surface area is 139 Å². The number of nitrogens with zero attached hydrogens (tertiary/aromatic N) is 1. The minimum atomic E-state index is -0.318. The highest BCUT2D eigenvalue weighted by molar-refractivity contribution is 5.49. The highest BCUT2D eigenvalue weighted by Gasteiger charge is 2.20. The summed E-state index contributed by atoms with van der Waals surface area (Å²) >= 11 is 0. The largest absolute Gasteiger partial charge is 0.314 e. The average Bonchev–Trinajstić information content (AvgIpc) is 2.46. The fraction of sp³-hybridized carbons (Fsp3) is 0.947. The molecule has 0 fully saturated rings. The zero-order valence-corrected chi connectivity index (χ0v) is 15.4. The lowest BCUT2D eigenvalue weighted by Crippen LogP contribution is -2.52. The maximum absolute atomic E-state index is 10.5. The third kappa shape index (κ3) is 13.3. The monoisotopic (exact) mass is 312 g/mol. The molecule has 0 unspecified atom stereocenters. The number of aldehydes is 1. The van der Waals surface area contributed by atoms with Crippen molar-refractivity contribution in [3.8, 4) is 0 Å². The molecule has 0 rings (SSSR count). The molecule has 2 N–H and O–H groups in total. The Morgan fingerprint density at radius 3 is 1.68 bits per heavy atom. The van der Waals surface area contributed by atoms with E-state index < -0.39 is 0 Å². The van der Waals surface area contributed by atoms with Crippen molar-refractivity contribution in [2.24, 2.45) is 5.73 Å². The summed E-state index contributed by atoms with van der Waals surface area (Å²) in [7, 11) is 0. The van der Waals surface area contributed by atoms with Crippen molar-refractivity contribution in [3.05, 3.63) is 0 Å². The van der Waals surface area contributed by atoms with Crippen LogP contribution in [0.5, 0.6) is 0 Å². The SMILES string of the molecule is CCCCCCCCCCCCCN(CCC=O)C(C)(C)N. The maximum atomic E-state index is 10.5. The molecule has 0 aliphatic heterocycles. The highest BCUT2D eigenvalue weighted by Crippen LogP contribution is 2.13. The Kier molecular flexibility index (Phi) is 13.9. The maximum Gasteiger partial charge on any atom is 0.121 e. The zero-order valence-electron chi connectivity index (χ0n) is 15.4. The van der Waals surface area contributed by atoms with Gasteiger partial charge < -0.3 is 10.5 Å². The molecule has 0 bridgehead atoms. The summed E-state index contributed by atoms with van der Waals surface area (Å²) in [6.07, 6.45) is 16.5. The normalized spacial score (nSPS) is 12.0. The molecular formula is C19H40N2O. The van der Waals surface area contributed by atoms with Gasteiger partial charge in [-0.1, -0.05) is 71.1 Å².